The molecule has 1 unspecified atom stereocenters. The fourth-order valence-corrected chi connectivity index (χ4v) is 2.26. The molecule has 2 rings (SSSR count). The molecule has 0 radical (unpaired) electrons. The molecule has 0 saturated carbocycles. The van der Waals surface area contributed by atoms with Crippen LogP contribution < -0.4 is 10.6 Å². The number of nitrogens with one attached hydrogen (secondary N) is 2. The lowest BCUT2D eigenvalue weighted by Crippen LogP contribution is -2.20. The van der Waals surface area contributed by atoms with Crippen molar-refractivity contribution >= 4 is 23.0 Å². The van der Waals surface area contributed by atoms with E-state index in [0.29, 0.717) is 30.6 Å². The number of aryl methyl sites for hydroxylation is 1. The Bertz CT molecular complexity index is 569. The molecule has 1 aliphatic heterocycles. The summed E-state index contributed by atoms with van der Waals surface area (Å²) in [5.41, 5.74) is 1.92. The second kappa shape index (κ2) is 5.73. The summed E-state index contributed by atoms with van der Waals surface area (Å²) in [4.78, 5) is 22.2. The van der Waals surface area contributed by atoms with Crippen molar-refractivity contribution < 1.29 is 9.72 Å². The summed E-state index contributed by atoms with van der Waals surface area (Å²) in [7, 11) is 0. The van der Waals surface area contributed by atoms with E-state index in [1.807, 2.05) is 6.92 Å². The van der Waals surface area contributed by atoms with Gasteiger partial charge in [0, 0.05) is 24.2 Å². The molecular weight excluding hydrogens is 258 g/mol. The van der Waals surface area contributed by atoms with Crippen LogP contribution in [0.5, 0.6) is 0 Å². The number of hydrogen-bond acceptors (Lipinski definition) is 4. The molecule has 106 valence electrons. The minimum absolute atomic E-state index is 0.0311. The highest BCUT2D eigenvalue weighted by atomic mass is 16.6. The minimum Gasteiger partial charge on any atom is -0.377 e. The number of rotatable bonds is 5. The zero-order valence-electron chi connectivity index (χ0n) is 11.3. The third-order valence-electron chi connectivity index (χ3n) is 3.24. The predicted octanol–water partition coefficient (Wildman–Crippen LogP) is 2.86. The number of nitrogens with zero attached hydrogens (tertiary/aromatic N) is 1. The Morgan fingerprint density at radius 3 is 2.95 bits per heavy atom. The quantitative estimate of drug-likeness (QED) is 0.491. The molecule has 0 aliphatic carbocycles. The topological polar surface area (TPSA) is 84.3 Å². The van der Waals surface area contributed by atoms with Crippen LogP contribution in [0.25, 0.3) is 0 Å². The molecule has 20 heavy (non-hydrogen) atoms. The number of benzene rings is 1. The first-order valence-corrected chi connectivity index (χ1v) is 6.50. The van der Waals surface area contributed by atoms with Gasteiger partial charge in [-0.1, -0.05) is 6.08 Å². The SMILES string of the molecule is C=CCC(C)Nc1cc2c(cc1[N+](=O)[O-])CCC(=O)N2. The summed E-state index contributed by atoms with van der Waals surface area (Å²) in [6.45, 7) is 5.57. The smallest absolute Gasteiger partial charge is 0.292 e. The van der Waals surface area contributed by atoms with Crippen molar-refractivity contribution in [1.82, 2.24) is 0 Å². The second-order valence-electron chi connectivity index (χ2n) is 4.90. The normalized spacial score (nSPS) is 14.9. The van der Waals surface area contributed by atoms with Gasteiger partial charge < -0.3 is 10.6 Å². The molecule has 0 spiro atoms. The number of carbonyl (C=O) groups is 1. The van der Waals surface area contributed by atoms with Gasteiger partial charge in [0.15, 0.2) is 0 Å². The molecule has 0 fully saturated rings. The van der Waals surface area contributed by atoms with Crippen LogP contribution in [0.3, 0.4) is 0 Å². The lowest BCUT2D eigenvalue weighted by Gasteiger charge is -2.20. The largest absolute Gasteiger partial charge is 0.377 e. The van der Waals surface area contributed by atoms with E-state index in [2.05, 4.69) is 17.2 Å². The van der Waals surface area contributed by atoms with E-state index in [4.69, 9.17) is 0 Å². The van der Waals surface area contributed by atoms with Crippen LogP contribution in [0.15, 0.2) is 24.8 Å². The van der Waals surface area contributed by atoms with Gasteiger partial charge in [0.05, 0.1) is 4.92 Å². The molecule has 6 nitrogen and oxygen atoms in total. The van der Waals surface area contributed by atoms with Gasteiger partial charge in [-0.3, -0.25) is 14.9 Å². The summed E-state index contributed by atoms with van der Waals surface area (Å²) in [6.07, 6.45) is 3.35. The Morgan fingerprint density at radius 2 is 2.30 bits per heavy atom. The first-order valence-electron chi connectivity index (χ1n) is 6.50. The third kappa shape index (κ3) is 2.96. The molecule has 1 aliphatic rings. The number of carbonyl (C=O) groups excluding carboxylic acids is 1. The molecule has 2 N–H and O–H groups in total. The average Bonchev–Trinajstić information content (AvgIpc) is 2.37. The highest BCUT2D eigenvalue weighted by Crippen LogP contribution is 2.34. The van der Waals surface area contributed by atoms with Crippen molar-refractivity contribution in [3.05, 3.63) is 40.5 Å². The molecule has 1 amide bonds. The van der Waals surface area contributed by atoms with Crippen LogP contribution in [-0.4, -0.2) is 16.9 Å². The zero-order chi connectivity index (χ0) is 14.7. The Kier molecular flexibility index (Phi) is 4.02. The Morgan fingerprint density at radius 1 is 1.55 bits per heavy atom. The maximum Gasteiger partial charge on any atom is 0.292 e. The molecule has 0 bridgehead atoms. The van der Waals surface area contributed by atoms with Crippen LogP contribution in [0, 0.1) is 10.1 Å². The molecular formula is C14H17N3O3. The number of fused-ring (bicyclic) bond motifs is 1. The van der Waals surface area contributed by atoms with Gasteiger partial charge in [0.25, 0.3) is 5.69 Å². The molecule has 1 atom stereocenters. The van der Waals surface area contributed by atoms with Gasteiger partial charge in [-0.25, -0.2) is 0 Å². The summed E-state index contributed by atoms with van der Waals surface area (Å²) in [5, 5.41) is 17.0. The summed E-state index contributed by atoms with van der Waals surface area (Å²) in [6, 6.07) is 3.21. The number of amides is 1. The van der Waals surface area contributed by atoms with E-state index >= 15 is 0 Å². The minimum atomic E-state index is -0.403. The lowest BCUT2D eigenvalue weighted by atomic mass is 10.0. The van der Waals surface area contributed by atoms with E-state index in [1.54, 1.807) is 12.1 Å². The highest BCUT2D eigenvalue weighted by Gasteiger charge is 2.23. The summed E-state index contributed by atoms with van der Waals surface area (Å²) >= 11 is 0. The lowest BCUT2D eigenvalue weighted by molar-refractivity contribution is -0.384. The van der Waals surface area contributed by atoms with Crippen molar-refractivity contribution in [3.8, 4) is 0 Å². The van der Waals surface area contributed by atoms with E-state index in [-0.39, 0.29) is 17.6 Å². The second-order valence-corrected chi connectivity index (χ2v) is 4.90. The molecule has 1 aromatic rings. The van der Waals surface area contributed by atoms with Gasteiger partial charge in [0.1, 0.15) is 5.69 Å². The molecule has 1 heterocycles. The maximum absolute atomic E-state index is 11.4. The first-order chi connectivity index (χ1) is 9.51. The standard InChI is InChI=1S/C14H17N3O3/c1-3-4-9(2)15-12-8-11-10(5-6-14(18)16-11)7-13(12)17(19)20/h3,7-9,15H,1,4-6H2,2H3,(H,16,18). The predicted molar refractivity (Wildman–Crippen MR) is 77.9 cm³/mol. The number of nitro benzene ring substituents is 1. The number of hydrogen-bond donors (Lipinski definition) is 2. The van der Waals surface area contributed by atoms with Gasteiger partial charge >= 0.3 is 0 Å². The monoisotopic (exact) mass is 275 g/mol. The summed E-state index contributed by atoms with van der Waals surface area (Å²) in [5.74, 6) is -0.0588. The molecule has 6 heteroatoms. The van der Waals surface area contributed by atoms with Crippen molar-refractivity contribution in [2.45, 2.75) is 32.2 Å². The number of nitro groups is 1. The van der Waals surface area contributed by atoms with E-state index in [1.165, 1.54) is 6.07 Å². The van der Waals surface area contributed by atoms with E-state index in [9.17, 15) is 14.9 Å². The first kappa shape index (κ1) is 14.0. The van der Waals surface area contributed by atoms with Gasteiger partial charge in [0.2, 0.25) is 5.91 Å². The van der Waals surface area contributed by atoms with Crippen molar-refractivity contribution in [2.75, 3.05) is 10.6 Å². The van der Waals surface area contributed by atoms with Gasteiger partial charge in [-0.15, -0.1) is 6.58 Å². The van der Waals surface area contributed by atoms with Gasteiger partial charge in [-0.05, 0) is 31.4 Å². The van der Waals surface area contributed by atoms with Crippen LogP contribution in [-0.2, 0) is 11.2 Å². The highest BCUT2D eigenvalue weighted by molar-refractivity contribution is 5.95. The van der Waals surface area contributed by atoms with Crippen LogP contribution in [0.4, 0.5) is 17.1 Å². The van der Waals surface area contributed by atoms with E-state index in [0.717, 1.165) is 5.56 Å². The third-order valence-corrected chi connectivity index (χ3v) is 3.24. The average molecular weight is 275 g/mol. The fourth-order valence-electron chi connectivity index (χ4n) is 2.26. The van der Waals surface area contributed by atoms with Crippen LogP contribution >= 0.6 is 0 Å². The Hall–Kier alpha value is -2.37. The molecule has 0 aromatic heterocycles. The zero-order valence-corrected chi connectivity index (χ0v) is 11.3. The maximum atomic E-state index is 11.4. The van der Waals surface area contributed by atoms with E-state index < -0.39 is 4.92 Å². The fraction of sp³-hybridized carbons (Fsp3) is 0.357. The number of anilines is 2. The molecule has 0 saturated heterocycles. The van der Waals surface area contributed by atoms with Crippen molar-refractivity contribution in [2.24, 2.45) is 0 Å². The van der Waals surface area contributed by atoms with Crippen LogP contribution in [0.2, 0.25) is 0 Å². The van der Waals surface area contributed by atoms with Gasteiger partial charge in [-0.2, -0.15) is 0 Å². The Balaban J connectivity index is 2.37. The van der Waals surface area contributed by atoms with Crippen molar-refractivity contribution in [3.63, 3.8) is 0 Å². The van der Waals surface area contributed by atoms with Crippen LogP contribution in [0.1, 0.15) is 25.3 Å². The summed E-state index contributed by atoms with van der Waals surface area (Å²) < 4.78 is 0. The Labute approximate surface area is 117 Å². The van der Waals surface area contributed by atoms with Crippen molar-refractivity contribution in [1.29, 1.82) is 0 Å². The molecule has 1 aromatic carbocycles.